The van der Waals surface area contributed by atoms with Crippen LogP contribution >= 0.6 is 0 Å². The molecule has 2 amide bonds. The van der Waals surface area contributed by atoms with Gasteiger partial charge in [0, 0.05) is 25.3 Å². The van der Waals surface area contributed by atoms with Crippen molar-refractivity contribution in [3.63, 3.8) is 0 Å². The van der Waals surface area contributed by atoms with Gasteiger partial charge in [0.2, 0.25) is 6.79 Å². The first-order chi connectivity index (χ1) is 11.0. The summed E-state index contributed by atoms with van der Waals surface area (Å²) in [6.07, 6.45) is 0.113. The van der Waals surface area contributed by atoms with Crippen LogP contribution in [0.15, 0.2) is 17.2 Å². The van der Waals surface area contributed by atoms with Crippen molar-refractivity contribution in [1.29, 1.82) is 0 Å². The third-order valence-electron chi connectivity index (χ3n) is 3.97. The number of urea groups is 1. The number of rotatable bonds is 4. The van der Waals surface area contributed by atoms with E-state index >= 15 is 0 Å². The monoisotopic (exact) mass is 320 g/mol. The predicted octanol–water partition coefficient (Wildman–Crippen LogP) is 0.699. The number of amides is 2. The Morgan fingerprint density at radius 3 is 2.96 bits per heavy atom. The number of carbonyl (C=O) groups is 1. The Kier molecular flexibility index (Phi) is 4.35. The number of nitrogens with zero attached hydrogens (tertiary/aromatic N) is 2. The Hall–Kier alpha value is -2.32. The predicted molar refractivity (Wildman–Crippen MR) is 83.2 cm³/mol. The summed E-state index contributed by atoms with van der Waals surface area (Å²) in [5, 5.41) is 14.2. The van der Waals surface area contributed by atoms with E-state index in [1.54, 1.807) is 0 Å². The summed E-state index contributed by atoms with van der Waals surface area (Å²) in [4.78, 5) is 12.8. The molecular weight excluding hydrogens is 300 g/mol. The summed E-state index contributed by atoms with van der Waals surface area (Å²) < 4.78 is 10.8. The van der Waals surface area contributed by atoms with Crippen molar-refractivity contribution < 1.29 is 19.4 Å². The SMILES string of the molecule is CC(CCN1Cc2cc3c(cc2C(O)C1)OCO3)=NNC(N)=O. The van der Waals surface area contributed by atoms with Crippen molar-refractivity contribution in [3.05, 3.63) is 23.3 Å². The highest BCUT2D eigenvalue weighted by atomic mass is 16.7. The molecule has 8 nitrogen and oxygen atoms in total. The van der Waals surface area contributed by atoms with Gasteiger partial charge in [-0.2, -0.15) is 5.10 Å². The number of β-amino-alcohol motifs (C(OH)–C–C–N with tert-alkyl or cyclic N) is 1. The van der Waals surface area contributed by atoms with Crippen LogP contribution < -0.4 is 20.6 Å². The molecule has 8 heteroatoms. The number of nitrogens with two attached hydrogens (primary N) is 1. The highest BCUT2D eigenvalue weighted by Gasteiger charge is 2.27. The number of fused-ring (bicyclic) bond motifs is 2. The molecule has 0 bridgehead atoms. The van der Waals surface area contributed by atoms with Crippen LogP contribution in [0.25, 0.3) is 0 Å². The number of primary amides is 1. The molecule has 0 spiro atoms. The van der Waals surface area contributed by atoms with E-state index in [0.29, 0.717) is 18.7 Å². The molecule has 1 aromatic carbocycles. The maximum Gasteiger partial charge on any atom is 0.332 e. The number of aliphatic hydroxyl groups is 1. The van der Waals surface area contributed by atoms with Gasteiger partial charge >= 0.3 is 6.03 Å². The van der Waals surface area contributed by atoms with Gasteiger partial charge in [-0.1, -0.05) is 0 Å². The average molecular weight is 320 g/mol. The minimum atomic E-state index is -0.678. The Balaban J connectivity index is 1.64. The van der Waals surface area contributed by atoms with Gasteiger partial charge in [0.25, 0.3) is 0 Å². The Labute approximate surface area is 133 Å². The molecule has 1 atom stereocenters. The van der Waals surface area contributed by atoms with E-state index in [4.69, 9.17) is 15.2 Å². The fourth-order valence-corrected chi connectivity index (χ4v) is 2.79. The summed E-state index contributed by atoms with van der Waals surface area (Å²) in [7, 11) is 0. The minimum Gasteiger partial charge on any atom is -0.454 e. The Morgan fingerprint density at radius 2 is 2.22 bits per heavy atom. The molecular formula is C15H20N4O4. The van der Waals surface area contributed by atoms with Crippen molar-refractivity contribution in [1.82, 2.24) is 10.3 Å². The van der Waals surface area contributed by atoms with Crippen LogP contribution in [0, 0.1) is 0 Å². The molecule has 0 fully saturated rings. The number of hydrogen-bond acceptors (Lipinski definition) is 6. The van der Waals surface area contributed by atoms with E-state index in [1.807, 2.05) is 19.1 Å². The van der Waals surface area contributed by atoms with E-state index in [1.165, 1.54) is 0 Å². The van der Waals surface area contributed by atoms with Crippen LogP contribution in [0.5, 0.6) is 11.5 Å². The molecule has 2 heterocycles. The molecule has 2 aliphatic heterocycles. The molecule has 0 aromatic heterocycles. The highest BCUT2D eigenvalue weighted by Crippen LogP contribution is 2.39. The van der Waals surface area contributed by atoms with Crippen molar-refractivity contribution in [2.24, 2.45) is 10.8 Å². The van der Waals surface area contributed by atoms with Gasteiger partial charge in [0.15, 0.2) is 11.5 Å². The third-order valence-corrected chi connectivity index (χ3v) is 3.97. The summed E-state index contributed by atoms with van der Waals surface area (Å²) in [5.74, 6) is 1.41. The zero-order chi connectivity index (χ0) is 16.4. The first-order valence-corrected chi connectivity index (χ1v) is 7.44. The Bertz CT molecular complexity index is 647. The number of hydrazone groups is 1. The van der Waals surface area contributed by atoms with Gasteiger partial charge in [-0.25, -0.2) is 10.2 Å². The molecule has 1 aromatic rings. The van der Waals surface area contributed by atoms with Crippen LogP contribution in [0.4, 0.5) is 4.79 Å². The molecule has 4 N–H and O–H groups in total. The van der Waals surface area contributed by atoms with Gasteiger partial charge < -0.3 is 20.3 Å². The average Bonchev–Trinajstić information content (AvgIpc) is 2.96. The lowest BCUT2D eigenvalue weighted by atomic mass is 9.96. The van der Waals surface area contributed by atoms with Gasteiger partial charge in [-0.15, -0.1) is 0 Å². The van der Waals surface area contributed by atoms with Crippen LogP contribution in [0.1, 0.15) is 30.6 Å². The molecule has 0 aliphatic carbocycles. The summed E-state index contributed by atoms with van der Waals surface area (Å²) in [6, 6.07) is 3.12. The van der Waals surface area contributed by atoms with Gasteiger partial charge in [0.05, 0.1) is 6.10 Å². The van der Waals surface area contributed by atoms with Crippen LogP contribution in [-0.4, -0.2) is 41.6 Å². The molecule has 0 saturated heterocycles. The van der Waals surface area contributed by atoms with E-state index in [9.17, 15) is 9.90 Å². The maximum absolute atomic E-state index is 10.6. The number of carbonyl (C=O) groups excluding carboxylic acids is 1. The fraction of sp³-hybridized carbons (Fsp3) is 0.467. The Morgan fingerprint density at radius 1 is 1.48 bits per heavy atom. The summed E-state index contributed by atoms with van der Waals surface area (Å²) >= 11 is 0. The molecule has 0 saturated carbocycles. The third kappa shape index (κ3) is 3.54. The molecule has 1 unspecified atom stereocenters. The van der Waals surface area contributed by atoms with E-state index in [-0.39, 0.29) is 6.79 Å². The molecule has 23 heavy (non-hydrogen) atoms. The van der Waals surface area contributed by atoms with Gasteiger partial charge in [0.1, 0.15) is 0 Å². The van der Waals surface area contributed by atoms with Crippen molar-refractivity contribution in [2.45, 2.75) is 26.0 Å². The quantitative estimate of drug-likeness (QED) is 0.559. The molecule has 124 valence electrons. The number of benzene rings is 1. The lowest BCUT2D eigenvalue weighted by molar-refractivity contribution is 0.0939. The smallest absolute Gasteiger partial charge is 0.332 e. The standard InChI is InChI=1S/C15H20N4O4/c1-9(17-18-15(16)21)2-3-19-6-10-4-13-14(23-8-22-13)5-11(10)12(20)7-19/h4-5,12,20H,2-3,6-8H2,1H3,(H3,16,18,21). The largest absolute Gasteiger partial charge is 0.454 e. The second-order valence-electron chi connectivity index (χ2n) is 5.73. The lowest BCUT2D eigenvalue weighted by Crippen LogP contribution is -2.35. The number of aliphatic hydroxyl groups excluding tert-OH is 1. The zero-order valence-electron chi connectivity index (χ0n) is 12.9. The second kappa shape index (κ2) is 6.43. The lowest BCUT2D eigenvalue weighted by Gasteiger charge is -2.32. The topological polar surface area (TPSA) is 109 Å². The van der Waals surface area contributed by atoms with Crippen molar-refractivity contribution in [2.75, 3.05) is 19.9 Å². The first-order valence-electron chi connectivity index (χ1n) is 7.44. The zero-order valence-corrected chi connectivity index (χ0v) is 12.9. The van der Waals surface area contributed by atoms with Crippen molar-refractivity contribution in [3.8, 4) is 11.5 Å². The molecule has 2 aliphatic rings. The first kappa shape index (κ1) is 15.6. The van der Waals surface area contributed by atoms with E-state index < -0.39 is 12.1 Å². The van der Waals surface area contributed by atoms with Gasteiger partial charge in [-0.05, 0) is 36.6 Å². The maximum atomic E-state index is 10.6. The number of nitrogens with one attached hydrogen (secondary N) is 1. The van der Waals surface area contributed by atoms with E-state index in [2.05, 4.69) is 15.4 Å². The minimum absolute atomic E-state index is 0.223. The van der Waals surface area contributed by atoms with E-state index in [0.717, 1.165) is 35.7 Å². The normalized spacial score (nSPS) is 20.3. The molecule has 3 rings (SSSR count). The number of hydrogen-bond donors (Lipinski definition) is 3. The second-order valence-corrected chi connectivity index (χ2v) is 5.73. The fourth-order valence-electron chi connectivity index (χ4n) is 2.79. The number of ether oxygens (including phenoxy) is 2. The van der Waals surface area contributed by atoms with Crippen LogP contribution in [0.3, 0.4) is 0 Å². The highest BCUT2D eigenvalue weighted by molar-refractivity contribution is 5.83. The summed E-state index contributed by atoms with van der Waals surface area (Å²) in [5.41, 5.74) is 9.89. The van der Waals surface area contributed by atoms with Gasteiger partial charge in [-0.3, -0.25) is 4.90 Å². The summed E-state index contributed by atoms with van der Waals surface area (Å²) in [6.45, 7) is 4.03. The van der Waals surface area contributed by atoms with Crippen LogP contribution in [0.2, 0.25) is 0 Å². The van der Waals surface area contributed by atoms with Crippen molar-refractivity contribution >= 4 is 11.7 Å². The van der Waals surface area contributed by atoms with Crippen LogP contribution in [-0.2, 0) is 6.54 Å². The molecule has 0 radical (unpaired) electrons.